The van der Waals surface area contributed by atoms with Crippen LogP contribution in [0.2, 0.25) is 0 Å². The predicted molar refractivity (Wildman–Crippen MR) is 90.3 cm³/mol. The highest BCUT2D eigenvalue weighted by atomic mass is 32.2. The molecule has 0 aliphatic carbocycles. The fraction of sp³-hybridized carbons (Fsp3) is 0.438. The maximum atomic E-state index is 12.4. The summed E-state index contributed by atoms with van der Waals surface area (Å²) in [5, 5.41) is 3.66. The zero-order valence-electron chi connectivity index (χ0n) is 13.8. The average molecular weight is 351 g/mol. The Hall–Kier alpha value is -2.22. The Kier molecular flexibility index (Phi) is 6.08. The first-order chi connectivity index (χ1) is 11.4. The summed E-state index contributed by atoms with van der Waals surface area (Å²) in [4.78, 5) is 17.8. The Labute approximate surface area is 141 Å². The second-order valence-electron chi connectivity index (χ2n) is 5.36. The van der Waals surface area contributed by atoms with Crippen molar-refractivity contribution in [3.05, 3.63) is 42.0 Å². The predicted octanol–water partition coefficient (Wildman–Crippen LogP) is 1.99. The molecule has 1 aromatic carbocycles. The van der Waals surface area contributed by atoms with Gasteiger partial charge < -0.3 is 9.42 Å². The van der Waals surface area contributed by atoms with Gasteiger partial charge in [-0.05, 0) is 25.5 Å². The molecular weight excluding hydrogens is 330 g/mol. The van der Waals surface area contributed by atoms with Gasteiger partial charge >= 0.3 is 0 Å². The molecule has 0 aliphatic rings. The summed E-state index contributed by atoms with van der Waals surface area (Å²) in [5.74, 6) is -0.963. The van der Waals surface area contributed by atoms with Crippen LogP contribution in [0.15, 0.2) is 34.9 Å². The number of hydrogen-bond donors (Lipinski definition) is 0. The number of para-hydroxylation sites is 1. The van der Waals surface area contributed by atoms with Crippen LogP contribution in [-0.4, -0.2) is 36.8 Å². The molecule has 24 heavy (non-hydrogen) atoms. The van der Waals surface area contributed by atoms with E-state index in [1.54, 1.807) is 31.2 Å². The topological polar surface area (TPSA) is 93.4 Å². The van der Waals surface area contributed by atoms with Gasteiger partial charge in [-0.25, -0.2) is 8.42 Å². The SMILES string of the molecule is CCCc1nc(CS(=O)(=O)CC(=O)N(CC)c2ccccc2)no1. The summed E-state index contributed by atoms with van der Waals surface area (Å²) >= 11 is 0. The molecule has 0 atom stereocenters. The lowest BCUT2D eigenvalue weighted by Gasteiger charge is -2.20. The molecule has 130 valence electrons. The Balaban J connectivity index is 2.05. The third-order valence-electron chi connectivity index (χ3n) is 3.35. The third-order valence-corrected chi connectivity index (χ3v) is 4.74. The maximum Gasteiger partial charge on any atom is 0.242 e. The summed E-state index contributed by atoms with van der Waals surface area (Å²) in [7, 11) is -3.67. The molecule has 0 saturated carbocycles. The molecule has 8 heteroatoms. The van der Waals surface area contributed by atoms with E-state index >= 15 is 0 Å². The van der Waals surface area contributed by atoms with E-state index in [1.807, 2.05) is 13.0 Å². The van der Waals surface area contributed by atoms with Crippen molar-refractivity contribution in [1.29, 1.82) is 0 Å². The number of nitrogens with zero attached hydrogens (tertiary/aromatic N) is 3. The second-order valence-corrected chi connectivity index (χ2v) is 7.42. The highest BCUT2D eigenvalue weighted by Crippen LogP contribution is 2.14. The van der Waals surface area contributed by atoms with E-state index in [9.17, 15) is 13.2 Å². The Morgan fingerprint density at radius 1 is 1.21 bits per heavy atom. The second kappa shape index (κ2) is 8.05. The molecule has 0 unspecified atom stereocenters. The van der Waals surface area contributed by atoms with Crippen LogP contribution in [0.1, 0.15) is 32.0 Å². The van der Waals surface area contributed by atoms with E-state index in [2.05, 4.69) is 10.1 Å². The summed E-state index contributed by atoms with van der Waals surface area (Å²) in [6, 6.07) is 8.97. The van der Waals surface area contributed by atoms with Crippen LogP contribution >= 0.6 is 0 Å². The van der Waals surface area contributed by atoms with Crippen molar-refractivity contribution in [2.45, 2.75) is 32.4 Å². The Morgan fingerprint density at radius 2 is 1.92 bits per heavy atom. The number of hydrogen-bond acceptors (Lipinski definition) is 6. The normalized spacial score (nSPS) is 11.4. The number of aryl methyl sites for hydroxylation is 1. The van der Waals surface area contributed by atoms with E-state index in [0.717, 1.165) is 6.42 Å². The summed E-state index contributed by atoms with van der Waals surface area (Å²) < 4.78 is 29.5. The van der Waals surface area contributed by atoms with Crippen LogP contribution in [0.4, 0.5) is 5.69 Å². The van der Waals surface area contributed by atoms with E-state index in [0.29, 0.717) is 24.5 Å². The molecule has 0 saturated heterocycles. The van der Waals surface area contributed by atoms with E-state index in [1.165, 1.54) is 4.90 Å². The summed E-state index contributed by atoms with van der Waals surface area (Å²) in [5.41, 5.74) is 0.671. The molecule has 0 fully saturated rings. The lowest BCUT2D eigenvalue weighted by molar-refractivity contribution is -0.116. The van der Waals surface area contributed by atoms with Gasteiger partial charge in [0.1, 0.15) is 11.5 Å². The molecule has 0 spiro atoms. The van der Waals surface area contributed by atoms with Crippen molar-refractivity contribution < 1.29 is 17.7 Å². The minimum Gasteiger partial charge on any atom is -0.339 e. The van der Waals surface area contributed by atoms with Gasteiger partial charge in [0.15, 0.2) is 15.7 Å². The van der Waals surface area contributed by atoms with Gasteiger partial charge in [-0.2, -0.15) is 4.98 Å². The lowest BCUT2D eigenvalue weighted by atomic mass is 10.3. The van der Waals surface area contributed by atoms with Gasteiger partial charge in [-0.1, -0.05) is 30.3 Å². The van der Waals surface area contributed by atoms with E-state index < -0.39 is 27.3 Å². The number of amides is 1. The third kappa shape index (κ3) is 4.89. The van der Waals surface area contributed by atoms with Crippen molar-refractivity contribution in [3.63, 3.8) is 0 Å². The van der Waals surface area contributed by atoms with Crippen molar-refractivity contribution in [3.8, 4) is 0 Å². The van der Waals surface area contributed by atoms with Gasteiger partial charge in [-0.3, -0.25) is 4.79 Å². The van der Waals surface area contributed by atoms with Gasteiger partial charge in [0.2, 0.25) is 11.8 Å². The van der Waals surface area contributed by atoms with Gasteiger partial charge in [0.25, 0.3) is 0 Å². The largest absolute Gasteiger partial charge is 0.339 e. The average Bonchev–Trinajstić information content (AvgIpc) is 2.95. The monoisotopic (exact) mass is 351 g/mol. The van der Waals surface area contributed by atoms with Crippen LogP contribution in [0, 0.1) is 0 Å². The van der Waals surface area contributed by atoms with Crippen LogP contribution in [0.3, 0.4) is 0 Å². The first kappa shape index (κ1) is 18.1. The zero-order chi connectivity index (χ0) is 17.6. The van der Waals surface area contributed by atoms with Crippen LogP contribution in [0.5, 0.6) is 0 Å². The van der Waals surface area contributed by atoms with E-state index in [4.69, 9.17) is 4.52 Å². The molecule has 1 amide bonds. The Morgan fingerprint density at radius 3 is 2.54 bits per heavy atom. The molecule has 0 N–H and O–H groups in total. The molecule has 1 heterocycles. The number of benzene rings is 1. The van der Waals surface area contributed by atoms with Crippen molar-refractivity contribution in [2.75, 3.05) is 17.2 Å². The molecule has 2 aromatic rings. The number of carbonyl (C=O) groups excluding carboxylic acids is 1. The molecule has 0 bridgehead atoms. The summed E-state index contributed by atoms with van der Waals surface area (Å²) in [6.07, 6.45) is 1.43. The first-order valence-electron chi connectivity index (χ1n) is 7.82. The van der Waals surface area contributed by atoms with Crippen molar-refractivity contribution >= 4 is 21.4 Å². The molecule has 1 aromatic heterocycles. The minimum absolute atomic E-state index is 0.0917. The first-order valence-corrected chi connectivity index (χ1v) is 9.64. The number of rotatable bonds is 8. The number of anilines is 1. The van der Waals surface area contributed by atoms with Gasteiger partial charge in [0.05, 0.1) is 0 Å². The maximum absolute atomic E-state index is 12.4. The van der Waals surface area contributed by atoms with Crippen molar-refractivity contribution in [1.82, 2.24) is 10.1 Å². The zero-order valence-corrected chi connectivity index (χ0v) is 14.6. The van der Waals surface area contributed by atoms with E-state index in [-0.39, 0.29) is 5.82 Å². The number of sulfone groups is 1. The Bertz CT molecular complexity index is 772. The van der Waals surface area contributed by atoms with Gasteiger partial charge in [0, 0.05) is 18.7 Å². The quantitative estimate of drug-likeness (QED) is 0.722. The number of carbonyl (C=O) groups is 1. The van der Waals surface area contributed by atoms with Crippen molar-refractivity contribution in [2.24, 2.45) is 0 Å². The molecular formula is C16H21N3O4S. The molecule has 7 nitrogen and oxygen atoms in total. The highest BCUT2D eigenvalue weighted by molar-refractivity contribution is 7.91. The standard InChI is InChI=1S/C16H21N3O4S/c1-3-8-15-17-14(18-23-15)11-24(21,22)12-16(20)19(4-2)13-9-6-5-7-10-13/h5-7,9-10H,3-4,8,11-12H2,1-2H3. The molecule has 0 aliphatic heterocycles. The fourth-order valence-corrected chi connectivity index (χ4v) is 3.43. The van der Waals surface area contributed by atoms with Gasteiger partial charge in [-0.15, -0.1) is 0 Å². The highest BCUT2D eigenvalue weighted by Gasteiger charge is 2.24. The van der Waals surface area contributed by atoms with Crippen LogP contribution < -0.4 is 4.90 Å². The summed E-state index contributed by atoms with van der Waals surface area (Å²) in [6.45, 7) is 4.15. The number of aromatic nitrogens is 2. The smallest absolute Gasteiger partial charge is 0.242 e. The van der Waals surface area contributed by atoms with Crippen LogP contribution in [-0.2, 0) is 26.8 Å². The molecule has 0 radical (unpaired) electrons. The lowest BCUT2D eigenvalue weighted by Crippen LogP contribution is -2.36. The minimum atomic E-state index is -3.67. The molecule has 2 rings (SSSR count). The fourth-order valence-electron chi connectivity index (χ4n) is 2.29. The van der Waals surface area contributed by atoms with Crippen LogP contribution in [0.25, 0.3) is 0 Å².